The van der Waals surface area contributed by atoms with Crippen LogP contribution in [0.1, 0.15) is 60.3 Å². The number of nitrogens with one attached hydrogen (secondary N) is 2. The molecule has 6 atom stereocenters. The van der Waals surface area contributed by atoms with Crippen LogP contribution in [0.3, 0.4) is 0 Å². The summed E-state index contributed by atoms with van der Waals surface area (Å²) in [6.07, 6.45) is 2.49. The Bertz CT molecular complexity index is 813. The summed E-state index contributed by atoms with van der Waals surface area (Å²) in [5.74, 6) is -0.629. The average Bonchev–Trinajstić information content (AvgIpc) is 3.47. The zero-order chi connectivity index (χ0) is 21.7. The second-order valence-electron chi connectivity index (χ2n) is 11.3. The third kappa shape index (κ3) is 2.62. The van der Waals surface area contributed by atoms with Crippen molar-refractivity contribution in [2.45, 2.75) is 83.8 Å². The molecule has 6 aliphatic rings. The van der Waals surface area contributed by atoms with Crippen LogP contribution < -0.4 is 10.6 Å². The van der Waals surface area contributed by atoms with Gasteiger partial charge in [0.15, 0.2) is 6.61 Å². The normalized spacial score (nSPS) is 45.0. The lowest BCUT2D eigenvalue weighted by Crippen LogP contribution is -2.54. The molecule has 2 N–H and O–H groups in total. The molecule has 6 rings (SSSR count). The summed E-state index contributed by atoms with van der Waals surface area (Å²) in [4.78, 5) is 37.9. The molecule has 4 saturated heterocycles. The molecule has 6 fully saturated rings. The summed E-state index contributed by atoms with van der Waals surface area (Å²) in [5, 5.41) is 6.67. The van der Waals surface area contributed by atoms with Crippen LogP contribution in [0.5, 0.6) is 0 Å². The van der Waals surface area contributed by atoms with Crippen LogP contribution in [0.4, 0.5) is 0 Å². The van der Waals surface area contributed by atoms with Gasteiger partial charge in [0.1, 0.15) is 28.9 Å². The van der Waals surface area contributed by atoms with Gasteiger partial charge >= 0.3 is 17.9 Å². The van der Waals surface area contributed by atoms with Gasteiger partial charge in [-0.3, -0.25) is 20.2 Å². The summed E-state index contributed by atoms with van der Waals surface area (Å²) in [7, 11) is 0. The molecule has 2 saturated carbocycles. The molecule has 0 amide bonds. The van der Waals surface area contributed by atoms with Crippen molar-refractivity contribution in [3.05, 3.63) is 0 Å². The van der Waals surface area contributed by atoms with Gasteiger partial charge < -0.3 is 14.2 Å². The highest BCUT2D eigenvalue weighted by Crippen LogP contribution is 2.66. The first-order chi connectivity index (χ1) is 13.9. The van der Waals surface area contributed by atoms with E-state index in [-0.39, 0.29) is 29.6 Å². The van der Waals surface area contributed by atoms with Crippen molar-refractivity contribution in [3.63, 3.8) is 0 Å². The Morgan fingerprint density at radius 1 is 1.13 bits per heavy atom. The molecule has 4 aliphatic heterocycles. The highest BCUT2D eigenvalue weighted by Gasteiger charge is 2.90. The molecule has 30 heavy (non-hydrogen) atoms. The van der Waals surface area contributed by atoms with Gasteiger partial charge in [-0.15, -0.1) is 0 Å². The Morgan fingerprint density at radius 3 is 2.40 bits per heavy atom. The van der Waals surface area contributed by atoms with Gasteiger partial charge in [-0.25, -0.2) is 4.79 Å². The summed E-state index contributed by atoms with van der Waals surface area (Å²) >= 11 is 0. The molecule has 6 unspecified atom stereocenters. The van der Waals surface area contributed by atoms with E-state index in [2.05, 4.69) is 10.6 Å². The van der Waals surface area contributed by atoms with E-state index in [0.717, 1.165) is 19.3 Å². The Morgan fingerprint density at radius 2 is 1.80 bits per heavy atom. The molecule has 2 aliphatic carbocycles. The van der Waals surface area contributed by atoms with Gasteiger partial charge in [-0.1, -0.05) is 20.8 Å². The van der Waals surface area contributed by atoms with Crippen molar-refractivity contribution in [1.29, 1.82) is 0 Å². The van der Waals surface area contributed by atoms with Gasteiger partial charge in [0, 0.05) is 5.92 Å². The second-order valence-corrected chi connectivity index (χ2v) is 11.3. The Kier molecular flexibility index (Phi) is 4.03. The Labute approximate surface area is 176 Å². The smallest absolute Gasteiger partial charge is 0.344 e. The maximum absolute atomic E-state index is 13.1. The Balaban J connectivity index is 1.23. The topological polar surface area (TPSA) is 123 Å². The summed E-state index contributed by atoms with van der Waals surface area (Å²) < 4.78 is 16.8. The van der Waals surface area contributed by atoms with Crippen molar-refractivity contribution < 1.29 is 28.6 Å². The first-order valence-electron chi connectivity index (χ1n) is 11.1. The number of ether oxygens (including phenoxy) is 3. The monoisotopic (exact) mass is 420 g/mol. The van der Waals surface area contributed by atoms with Crippen molar-refractivity contribution >= 4 is 17.9 Å². The minimum Gasteiger partial charge on any atom is -0.458 e. The minimum absolute atomic E-state index is 0.0709. The number of fused-ring (bicyclic) bond motifs is 2. The number of rotatable bonds is 5. The van der Waals surface area contributed by atoms with Crippen LogP contribution in [0.15, 0.2) is 0 Å². The van der Waals surface area contributed by atoms with Crippen LogP contribution in [0.2, 0.25) is 0 Å². The highest BCUT2D eigenvalue weighted by molar-refractivity contribution is 5.85. The van der Waals surface area contributed by atoms with E-state index in [1.807, 2.05) is 34.6 Å². The number of hydrogen-bond acceptors (Lipinski definition) is 8. The van der Waals surface area contributed by atoms with Crippen molar-refractivity contribution in [1.82, 2.24) is 10.6 Å². The lowest BCUT2D eigenvalue weighted by Gasteiger charge is -2.41. The lowest BCUT2D eigenvalue weighted by molar-refractivity contribution is -0.182. The average molecular weight is 421 g/mol. The first kappa shape index (κ1) is 20.2. The number of carbonyl (C=O) groups excluding carboxylic acids is 3. The maximum atomic E-state index is 13.1. The zero-order valence-corrected chi connectivity index (χ0v) is 18.4. The zero-order valence-electron chi connectivity index (χ0n) is 18.4. The SMILES string of the molecule is CC(C)(C)C(C)(C(=O)OCC(=O)OC1C2CC3CC(C2)C(=O)OC1C3)C12NC1(C)N2. The quantitative estimate of drug-likeness (QED) is 0.389. The molecule has 4 heterocycles. The molecule has 0 aromatic rings. The molecule has 0 aromatic heterocycles. The fourth-order valence-electron chi connectivity index (χ4n) is 6.35. The predicted octanol–water partition coefficient (Wildman–Crippen LogP) is 1.47. The molecule has 4 bridgehead atoms. The van der Waals surface area contributed by atoms with Crippen molar-refractivity contribution in [2.24, 2.45) is 28.6 Å². The van der Waals surface area contributed by atoms with E-state index >= 15 is 0 Å². The fraction of sp³-hybridized carbons (Fsp3) is 0.864. The van der Waals surface area contributed by atoms with Crippen molar-refractivity contribution in [3.8, 4) is 0 Å². The Hall–Kier alpha value is -1.67. The van der Waals surface area contributed by atoms with E-state index in [9.17, 15) is 14.4 Å². The summed E-state index contributed by atoms with van der Waals surface area (Å²) in [6, 6.07) is 0. The van der Waals surface area contributed by atoms with Gasteiger partial charge in [0.05, 0.1) is 5.92 Å². The number of carbonyl (C=O) groups is 3. The largest absolute Gasteiger partial charge is 0.458 e. The van der Waals surface area contributed by atoms with E-state index in [1.54, 1.807) is 0 Å². The third-order valence-corrected chi connectivity index (χ3v) is 8.59. The fourth-order valence-corrected chi connectivity index (χ4v) is 6.35. The van der Waals surface area contributed by atoms with E-state index in [4.69, 9.17) is 14.2 Å². The van der Waals surface area contributed by atoms with E-state index in [1.165, 1.54) is 0 Å². The number of esters is 3. The standard InChI is InChI=1S/C22H32N2O6/c1-19(2,3)20(4,22-21(5,23-22)24-22)18(27)28-10-15(25)30-16-12-6-11-7-13(9-12)17(26)29-14(16)8-11/h11-14,16,23-24H,6-10H2,1-5H3. The van der Waals surface area contributed by atoms with E-state index in [0.29, 0.717) is 12.3 Å². The molecule has 166 valence electrons. The van der Waals surface area contributed by atoms with Gasteiger partial charge in [-0.05, 0) is 50.9 Å². The van der Waals surface area contributed by atoms with Crippen LogP contribution in [0, 0.1) is 28.6 Å². The molecular formula is C22H32N2O6. The van der Waals surface area contributed by atoms with Crippen LogP contribution >= 0.6 is 0 Å². The summed E-state index contributed by atoms with van der Waals surface area (Å²) in [6.45, 7) is 9.43. The summed E-state index contributed by atoms with van der Waals surface area (Å²) in [5.41, 5.74) is -2.00. The van der Waals surface area contributed by atoms with E-state index < -0.39 is 41.1 Å². The highest BCUT2D eigenvalue weighted by atomic mass is 16.6. The van der Waals surface area contributed by atoms with Crippen LogP contribution in [-0.2, 0) is 28.6 Å². The van der Waals surface area contributed by atoms with Crippen molar-refractivity contribution in [2.75, 3.05) is 6.61 Å². The molecule has 8 heteroatoms. The van der Waals surface area contributed by atoms with Gasteiger partial charge in [0.2, 0.25) is 0 Å². The van der Waals surface area contributed by atoms with Gasteiger partial charge in [-0.2, -0.15) is 0 Å². The van der Waals surface area contributed by atoms with Crippen LogP contribution in [-0.4, -0.2) is 48.0 Å². The predicted molar refractivity (Wildman–Crippen MR) is 105 cm³/mol. The molecular weight excluding hydrogens is 388 g/mol. The molecule has 0 spiro atoms. The first-order valence-corrected chi connectivity index (χ1v) is 11.1. The third-order valence-electron chi connectivity index (χ3n) is 8.59. The van der Waals surface area contributed by atoms with Gasteiger partial charge in [0.25, 0.3) is 0 Å². The molecule has 0 radical (unpaired) electrons. The maximum Gasteiger partial charge on any atom is 0.344 e. The lowest BCUT2D eigenvalue weighted by atomic mass is 9.64. The molecule has 0 aromatic carbocycles. The number of hydrogen-bond donors (Lipinski definition) is 2. The molecule has 8 nitrogen and oxygen atoms in total. The van der Waals surface area contributed by atoms with Crippen LogP contribution in [0.25, 0.3) is 0 Å². The minimum atomic E-state index is -0.856. The second kappa shape index (κ2) is 5.97.